The zero-order chi connectivity index (χ0) is 24.2. The number of amides is 2. The first-order valence-corrected chi connectivity index (χ1v) is 9.41. The van der Waals surface area contributed by atoms with E-state index in [2.05, 4.69) is 10.6 Å². The number of nitrogens with zero attached hydrogens (tertiary/aromatic N) is 2. The molecule has 2 heterocycles. The van der Waals surface area contributed by atoms with Gasteiger partial charge in [0.05, 0.1) is 17.2 Å². The van der Waals surface area contributed by atoms with E-state index in [1.807, 2.05) is 0 Å². The van der Waals surface area contributed by atoms with Gasteiger partial charge in [0.1, 0.15) is 0 Å². The van der Waals surface area contributed by atoms with Crippen molar-refractivity contribution in [1.82, 2.24) is 15.5 Å². The molecule has 0 aliphatic carbocycles. The van der Waals surface area contributed by atoms with E-state index in [0.717, 1.165) is 32.0 Å². The molecule has 0 unspecified atom stereocenters. The molecule has 0 aromatic heterocycles. The number of alkyl halides is 6. The molecule has 0 bridgehead atoms. The number of nitriles is 1. The van der Waals surface area contributed by atoms with Gasteiger partial charge in [-0.3, -0.25) is 0 Å². The average molecular weight is 466 g/mol. The molecule has 1 aromatic rings. The summed E-state index contributed by atoms with van der Waals surface area (Å²) in [7, 11) is 0. The maximum absolute atomic E-state index is 13.1. The molecule has 1 aromatic carbocycles. The van der Waals surface area contributed by atoms with E-state index in [1.165, 1.54) is 12.1 Å². The highest BCUT2D eigenvalue weighted by Crippen LogP contribution is 2.38. The second-order valence-electron chi connectivity index (χ2n) is 7.55. The molecule has 32 heavy (non-hydrogen) atoms. The Hall–Kier alpha value is -3.01. The SMILES string of the molecule is N#Cc1ccc(CNC(=O)N2CC3(CCNCC3)C2)c(C(F)(F)F)c1.O=C(O)C(F)(F)F. The van der Waals surface area contributed by atoms with E-state index in [-0.39, 0.29) is 29.1 Å². The minimum atomic E-state index is -5.08. The molecule has 7 nitrogen and oxygen atoms in total. The largest absolute Gasteiger partial charge is 0.490 e. The van der Waals surface area contributed by atoms with Crippen molar-refractivity contribution in [2.75, 3.05) is 26.2 Å². The smallest absolute Gasteiger partial charge is 0.475 e. The number of likely N-dealkylation sites (tertiary alicyclic amines) is 1. The van der Waals surface area contributed by atoms with Gasteiger partial charge >= 0.3 is 24.4 Å². The molecular weight excluding hydrogens is 446 g/mol. The van der Waals surface area contributed by atoms with Gasteiger partial charge in [0, 0.05) is 25.0 Å². The second-order valence-corrected chi connectivity index (χ2v) is 7.55. The average Bonchev–Trinajstić information content (AvgIpc) is 2.69. The van der Waals surface area contributed by atoms with Crippen molar-refractivity contribution in [2.45, 2.75) is 31.7 Å². The van der Waals surface area contributed by atoms with Gasteiger partial charge in [-0.1, -0.05) is 6.07 Å². The van der Waals surface area contributed by atoms with Gasteiger partial charge in [-0.05, 0) is 43.6 Å². The summed E-state index contributed by atoms with van der Waals surface area (Å²) in [6.07, 6.45) is -7.61. The van der Waals surface area contributed by atoms with Gasteiger partial charge in [-0.2, -0.15) is 31.6 Å². The Morgan fingerprint density at radius 2 is 1.72 bits per heavy atom. The third kappa shape index (κ3) is 6.49. The van der Waals surface area contributed by atoms with E-state index >= 15 is 0 Å². The van der Waals surface area contributed by atoms with E-state index < -0.39 is 23.9 Å². The first kappa shape index (κ1) is 25.3. The number of carboxylic acid groups (broad SMARTS) is 1. The van der Waals surface area contributed by atoms with Crippen molar-refractivity contribution in [3.63, 3.8) is 0 Å². The fourth-order valence-electron chi connectivity index (χ4n) is 3.53. The lowest BCUT2D eigenvalue weighted by molar-refractivity contribution is -0.192. The molecule has 0 saturated carbocycles. The van der Waals surface area contributed by atoms with Crippen LogP contribution in [0.25, 0.3) is 0 Å². The van der Waals surface area contributed by atoms with Crippen LogP contribution in [-0.2, 0) is 17.5 Å². The molecule has 0 atom stereocenters. The molecule has 2 aliphatic heterocycles. The molecule has 2 fully saturated rings. The molecule has 2 aliphatic rings. The van der Waals surface area contributed by atoms with Gasteiger partial charge in [-0.25, -0.2) is 9.59 Å². The number of carbonyl (C=O) groups excluding carboxylic acids is 1. The van der Waals surface area contributed by atoms with Gasteiger partial charge < -0.3 is 20.6 Å². The third-order valence-corrected chi connectivity index (χ3v) is 5.22. The standard InChI is InChI=1S/C17H19F3N4O.C2HF3O2/c18-17(19,20)14-7-12(8-21)1-2-13(14)9-23-15(25)24-10-16(11-24)3-5-22-6-4-16;3-2(4,5)1(6)7/h1-2,7,22H,3-6,9-11H2,(H,23,25);(H,6,7). The van der Waals surface area contributed by atoms with Crippen LogP contribution in [0.15, 0.2) is 18.2 Å². The summed E-state index contributed by atoms with van der Waals surface area (Å²) in [6.45, 7) is 2.97. The minimum Gasteiger partial charge on any atom is -0.475 e. The van der Waals surface area contributed by atoms with Crippen LogP contribution in [0, 0.1) is 16.7 Å². The van der Waals surface area contributed by atoms with Crippen LogP contribution in [0.3, 0.4) is 0 Å². The van der Waals surface area contributed by atoms with E-state index in [9.17, 15) is 31.1 Å². The molecule has 176 valence electrons. The minimum absolute atomic E-state index is 0.0445. The van der Waals surface area contributed by atoms with Crippen LogP contribution in [0.5, 0.6) is 0 Å². The van der Waals surface area contributed by atoms with Crippen molar-refractivity contribution < 1.29 is 41.0 Å². The predicted molar refractivity (Wildman–Crippen MR) is 98.2 cm³/mol. The summed E-state index contributed by atoms with van der Waals surface area (Å²) >= 11 is 0. The number of aliphatic carboxylic acids is 1. The van der Waals surface area contributed by atoms with Crippen molar-refractivity contribution in [3.8, 4) is 6.07 Å². The molecular formula is C19H20F6N4O3. The summed E-state index contributed by atoms with van der Waals surface area (Å²) in [5.74, 6) is -2.76. The van der Waals surface area contributed by atoms with Crippen LogP contribution >= 0.6 is 0 Å². The van der Waals surface area contributed by atoms with Crippen molar-refractivity contribution >= 4 is 12.0 Å². The van der Waals surface area contributed by atoms with Gasteiger partial charge in [0.2, 0.25) is 0 Å². The monoisotopic (exact) mass is 466 g/mol. The number of carboxylic acids is 1. The van der Waals surface area contributed by atoms with Crippen LogP contribution in [0.4, 0.5) is 31.1 Å². The zero-order valence-corrected chi connectivity index (χ0v) is 16.6. The topological polar surface area (TPSA) is 105 Å². The fourth-order valence-corrected chi connectivity index (χ4v) is 3.53. The van der Waals surface area contributed by atoms with Crippen molar-refractivity contribution in [3.05, 3.63) is 34.9 Å². The molecule has 3 rings (SSSR count). The second kappa shape index (κ2) is 9.64. The Bertz CT molecular complexity index is 881. The number of halogens is 6. The quantitative estimate of drug-likeness (QED) is 0.581. The highest BCUT2D eigenvalue weighted by Gasteiger charge is 2.45. The molecule has 0 radical (unpaired) electrons. The summed E-state index contributed by atoms with van der Waals surface area (Å²) < 4.78 is 71.1. The summed E-state index contributed by atoms with van der Waals surface area (Å²) in [6, 6.07) is 4.74. The maximum atomic E-state index is 13.1. The molecule has 2 saturated heterocycles. The normalized spacial score (nSPS) is 17.5. The van der Waals surface area contributed by atoms with E-state index in [4.69, 9.17) is 15.2 Å². The van der Waals surface area contributed by atoms with Crippen LogP contribution in [-0.4, -0.2) is 54.4 Å². The number of carbonyl (C=O) groups is 2. The van der Waals surface area contributed by atoms with Crippen LogP contribution in [0.1, 0.15) is 29.5 Å². The van der Waals surface area contributed by atoms with Gasteiger partial charge in [-0.15, -0.1) is 0 Å². The van der Waals surface area contributed by atoms with Crippen LogP contribution < -0.4 is 10.6 Å². The highest BCUT2D eigenvalue weighted by atomic mass is 19.4. The Morgan fingerprint density at radius 3 is 2.19 bits per heavy atom. The Kier molecular flexibility index (Phi) is 7.61. The Morgan fingerprint density at radius 1 is 1.16 bits per heavy atom. The van der Waals surface area contributed by atoms with Gasteiger partial charge in [0.25, 0.3) is 0 Å². The molecule has 1 spiro atoms. The summed E-state index contributed by atoms with van der Waals surface area (Å²) in [5.41, 5.74) is -0.811. The molecule has 3 N–H and O–H groups in total. The first-order valence-electron chi connectivity index (χ1n) is 9.41. The number of nitrogens with one attached hydrogen (secondary N) is 2. The van der Waals surface area contributed by atoms with Crippen LogP contribution in [0.2, 0.25) is 0 Å². The lowest BCUT2D eigenvalue weighted by atomic mass is 9.72. The number of hydrogen-bond donors (Lipinski definition) is 3. The molecule has 2 amide bonds. The Labute approximate surface area is 179 Å². The lowest BCUT2D eigenvalue weighted by Gasteiger charge is -2.52. The predicted octanol–water partition coefficient (Wildman–Crippen LogP) is 3.11. The first-order chi connectivity index (χ1) is 14.8. The highest BCUT2D eigenvalue weighted by molar-refractivity contribution is 5.75. The van der Waals surface area contributed by atoms with Crippen molar-refractivity contribution in [1.29, 1.82) is 5.26 Å². The number of rotatable bonds is 2. The number of urea groups is 1. The maximum Gasteiger partial charge on any atom is 0.490 e. The number of benzene rings is 1. The van der Waals surface area contributed by atoms with E-state index in [0.29, 0.717) is 13.1 Å². The molecule has 13 heteroatoms. The fraction of sp³-hybridized carbons (Fsp3) is 0.526. The van der Waals surface area contributed by atoms with Crippen molar-refractivity contribution in [2.24, 2.45) is 5.41 Å². The summed E-state index contributed by atoms with van der Waals surface area (Å²) in [5, 5.41) is 21.7. The number of piperidine rings is 1. The lowest BCUT2D eigenvalue weighted by Crippen LogP contribution is -2.63. The Balaban J connectivity index is 0.000000451. The van der Waals surface area contributed by atoms with Gasteiger partial charge in [0.15, 0.2) is 0 Å². The summed E-state index contributed by atoms with van der Waals surface area (Å²) in [4.78, 5) is 22.7. The number of hydrogen-bond acceptors (Lipinski definition) is 4. The zero-order valence-electron chi connectivity index (χ0n) is 16.6. The third-order valence-electron chi connectivity index (χ3n) is 5.22. The van der Waals surface area contributed by atoms with E-state index in [1.54, 1.807) is 11.0 Å².